The molecule has 1 atom stereocenters. The Morgan fingerprint density at radius 2 is 2.04 bits per heavy atom. The third-order valence-corrected chi connectivity index (χ3v) is 4.02. The van der Waals surface area contributed by atoms with Crippen molar-refractivity contribution >= 4 is 15.9 Å². The van der Waals surface area contributed by atoms with Gasteiger partial charge in [-0.1, -0.05) is 29.4 Å². The number of carbonyl (C=O) groups excluding carboxylic acids is 1. The van der Waals surface area contributed by atoms with Crippen LogP contribution in [0.2, 0.25) is 0 Å². The van der Waals surface area contributed by atoms with Crippen LogP contribution in [0.4, 0.5) is 0 Å². The van der Waals surface area contributed by atoms with E-state index in [2.05, 4.69) is 20.2 Å². The molecule has 130 valence electrons. The third-order valence-electron chi connectivity index (χ3n) is 3.29. The molecule has 0 aliphatic heterocycles. The van der Waals surface area contributed by atoms with Crippen LogP contribution in [-0.4, -0.2) is 37.3 Å². The second kappa shape index (κ2) is 7.54. The van der Waals surface area contributed by atoms with E-state index in [-0.39, 0.29) is 24.8 Å². The van der Waals surface area contributed by atoms with Crippen molar-refractivity contribution in [3.05, 3.63) is 35.7 Å². The zero-order chi connectivity index (χ0) is 17.7. The van der Waals surface area contributed by atoms with Crippen LogP contribution in [0.5, 0.6) is 0 Å². The van der Waals surface area contributed by atoms with Gasteiger partial charge in [-0.15, -0.1) is 0 Å². The lowest BCUT2D eigenvalue weighted by Crippen LogP contribution is -2.31. The van der Waals surface area contributed by atoms with Crippen LogP contribution in [0.15, 0.2) is 28.8 Å². The lowest BCUT2D eigenvalue weighted by Gasteiger charge is -2.09. The second-order valence-electron chi connectivity index (χ2n) is 5.48. The number of nitrogens with zero attached hydrogens (tertiary/aromatic N) is 2. The van der Waals surface area contributed by atoms with Crippen molar-refractivity contribution in [2.24, 2.45) is 0 Å². The first-order valence-corrected chi connectivity index (χ1v) is 9.29. The lowest BCUT2D eigenvalue weighted by molar-refractivity contribution is -0.121. The maximum absolute atomic E-state index is 11.8. The van der Waals surface area contributed by atoms with Gasteiger partial charge >= 0.3 is 0 Å². The van der Waals surface area contributed by atoms with E-state index in [1.54, 1.807) is 6.92 Å². The summed E-state index contributed by atoms with van der Waals surface area (Å²) in [5, 5.41) is 6.63. The summed E-state index contributed by atoms with van der Waals surface area (Å²) in [6.45, 7) is 3.71. The molecule has 0 aliphatic rings. The van der Waals surface area contributed by atoms with Crippen LogP contribution >= 0.6 is 0 Å². The highest BCUT2D eigenvalue weighted by Gasteiger charge is 2.18. The van der Waals surface area contributed by atoms with E-state index in [0.717, 1.165) is 17.4 Å². The Morgan fingerprint density at radius 1 is 1.33 bits per heavy atom. The fourth-order valence-electron chi connectivity index (χ4n) is 2.07. The Hall–Kier alpha value is -2.26. The molecule has 2 rings (SSSR count). The van der Waals surface area contributed by atoms with Gasteiger partial charge in [-0.2, -0.15) is 4.98 Å². The van der Waals surface area contributed by atoms with Gasteiger partial charge in [0.25, 0.3) is 0 Å². The van der Waals surface area contributed by atoms with E-state index >= 15 is 0 Å². The first-order valence-electron chi connectivity index (χ1n) is 7.40. The summed E-state index contributed by atoms with van der Waals surface area (Å²) in [6.07, 6.45) is 1.06. The Balaban J connectivity index is 1.95. The molecule has 1 unspecified atom stereocenters. The molecular weight excluding hydrogens is 332 g/mol. The Kier molecular flexibility index (Phi) is 5.68. The zero-order valence-corrected chi connectivity index (χ0v) is 14.6. The molecule has 0 saturated heterocycles. The molecule has 2 aromatic rings. The topological polar surface area (TPSA) is 114 Å². The predicted octanol–water partition coefficient (Wildman–Crippen LogP) is 1.16. The van der Waals surface area contributed by atoms with E-state index in [0.29, 0.717) is 5.82 Å². The van der Waals surface area contributed by atoms with Gasteiger partial charge in [0.2, 0.25) is 27.6 Å². The van der Waals surface area contributed by atoms with Gasteiger partial charge in [0.1, 0.15) is 6.04 Å². The molecule has 0 radical (unpaired) electrons. The summed E-state index contributed by atoms with van der Waals surface area (Å²) in [6, 6.07) is 7.18. The normalized spacial score (nSPS) is 12.8. The molecule has 24 heavy (non-hydrogen) atoms. The quantitative estimate of drug-likeness (QED) is 0.773. The number of hydrogen-bond donors (Lipinski definition) is 2. The van der Waals surface area contributed by atoms with Crippen molar-refractivity contribution in [3.63, 3.8) is 0 Å². The Morgan fingerprint density at radius 3 is 2.71 bits per heavy atom. The molecule has 0 aliphatic carbocycles. The first kappa shape index (κ1) is 18.1. The van der Waals surface area contributed by atoms with E-state index in [1.165, 1.54) is 0 Å². The smallest absolute Gasteiger partial charge is 0.249 e. The molecular formula is C15H20N4O4S. The van der Waals surface area contributed by atoms with Gasteiger partial charge in [0.05, 0.1) is 6.26 Å². The number of hydrogen-bond acceptors (Lipinski definition) is 6. The van der Waals surface area contributed by atoms with Crippen LogP contribution in [0.3, 0.4) is 0 Å². The number of aromatic nitrogens is 2. The molecule has 8 nitrogen and oxygen atoms in total. The minimum absolute atomic E-state index is 0.0240. The van der Waals surface area contributed by atoms with E-state index < -0.39 is 16.1 Å². The van der Waals surface area contributed by atoms with E-state index in [1.807, 2.05) is 31.2 Å². The molecule has 9 heteroatoms. The highest BCUT2D eigenvalue weighted by Crippen LogP contribution is 2.21. The minimum Gasteiger partial charge on any atom is -0.345 e. The van der Waals surface area contributed by atoms with Crippen LogP contribution in [-0.2, 0) is 14.8 Å². The molecule has 1 aromatic heterocycles. The fraction of sp³-hybridized carbons (Fsp3) is 0.400. The minimum atomic E-state index is -3.30. The zero-order valence-electron chi connectivity index (χ0n) is 13.7. The summed E-state index contributed by atoms with van der Waals surface area (Å²) in [5.41, 5.74) is 1.89. The van der Waals surface area contributed by atoms with Gasteiger partial charge in [-0.3, -0.25) is 4.79 Å². The maximum Gasteiger partial charge on any atom is 0.249 e. The molecule has 1 amide bonds. The van der Waals surface area contributed by atoms with Crippen molar-refractivity contribution in [3.8, 4) is 11.4 Å². The first-order chi connectivity index (χ1) is 11.3. The number of amides is 1. The Bertz CT molecular complexity index is 816. The van der Waals surface area contributed by atoms with Gasteiger partial charge in [-0.05, 0) is 19.4 Å². The molecule has 0 bridgehead atoms. The van der Waals surface area contributed by atoms with Crippen LogP contribution in [0.1, 0.15) is 30.8 Å². The van der Waals surface area contributed by atoms with Crippen LogP contribution in [0.25, 0.3) is 11.4 Å². The number of rotatable bonds is 7. The van der Waals surface area contributed by atoms with E-state index in [4.69, 9.17) is 4.52 Å². The molecule has 0 spiro atoms. The van der Waals surface area contributed by atoms with Gasteiger partial charge in [0, 0.05) is 18.5 Å². The molecule has 2 N–H and O–H groups in total. The summed E-state index contributed by atoms with van der Waals surface area (Å²) < 4.78 is 29.4. The van der Waals surface area contributed by atoms with Gasteiger partial charge < -0.3 is 9.84 Å². The van der Waals surface area contributed by atoms with Crippen molar-refractivity contribution in [1.29, 1.82) is 0 Å². The maximum atomic E-state index is 11.8. The van der Waals surface area contributed by atoms with Crippen molar-refractivity contribution in [2.45, 2.75) is 26.3 Å². The highest BCUT2D eigenvalue weighted by atomic mass is 32.2. The monoisotopic (exact) mass is 352 g/mol. The van der Waals surface area contributed by atoms with Gasteiger partial charge in [-0.25, -0.2) is 13.1 Å². The Labute approximate surface area is 140 Å². The van der Waals surface area contributed by atoms with Crippen LogP contribution < -0.4 is 10.0 Å². The number of benzene rings is 1. The molecule has 1 aromatic carbocycles. The summed E-state index contributed by atoms with van der Waals surface area (Å²) >= 11 is 0. The van der Waals surface area contributed by atoms with E-state index in [9.17, 15) is 13.2 Å². The molecule has 0 fully saturated rings. The number of aryl methyl sites for hydroxylation is 1. The van der Waals surface area contributed by atoms with Crippen molar-refractivity contribution in [1.82, 2.24) is 20.2 Å². The molecule has 1 heterocycles. The molecule has 0 saturated carbocycles. The average molecular weight is 352 g/mol. The summed E-state index contributed by atoms with van der Waals surface area (Å²) in [7, 11) is -3.30. The third kappa shape index (κ3) is 5.14. The van der Waals surface area contributed by atoms with Gasteiger partial charge in [0.15, 0.2) is 0 Å². The average Bonchev–Trinajstić information content (AvgIpc) is 2.96. The number of carbonyl (C=O) groups is 1. The summed E-state index contributed by atoms with van der Waals surface area (Å²) in [5.74, 6) is 0.440. The van der Waals surface area contributed by atoms with Crippen molar-refractivity contribution < 1.29 is 17.7 Å². The summed E-state index contributed by atoms with van der Waals surface area (Å²) in [4.78, 5) is 16.1. The largest absolute Gasteiger partial charge is 0.345 e. The fourth-order valence-corrected chi connectivity index (χ4v) is 2.54. The highest BCUT2D eigenvalue weighted by molar-refractivity contribution is 7.88. The van der Waals surface area contributed by atoms with Crippen LogP contribution in [0, 0.1) is 6.92 Å². The second-order valence-corrected chi connectivity index (χ2v) is 7.31. The van der Waals surface area contributed by atoms with Crippen molar-refractivity contribution in [2.75, 3.05) is 12.8 Å². The SMILES string of the molecule is Cc1ccccc1-c1noc(C(C)NC(=O)CCNS(C)(=O)=O)n1. The number of nitrogens with one attached hydrogen (secondary N) is 2. The number of sulfonamides is 1. The standard InChI is InChI=1S/C15H20N4O4S/c1-10-6-4-5-7-12(10)14-18-15(23-19-14)11(2)17-13(20)8-9-16-24(3,21)22/h4-7,11,16H,8-9H2,1-3H3,(H,17,20). The lowest BCUT2D eigenvalue weighted by atomic mass is 10.1. The predicted molar refractivity (Wildman–Crippen MR) is 88.5 cm³/mol.